The van der Waals surface area contributed by atoms with Crippen LogP contribution in [0.15, 0.2) is 30.5 Å². The minimum atomic E-state index is -0.444. The van der Waals surface area contributed by atoms with E-state index in [-0.39, 0.29) is 11.8 Å². The Labute approximate surface area is 235 Å². The molecule has 1 aromatic heterocycles. The normalized spacial score (nSPS) is 18.6. The summed E-state index contributed by atoms with van der Waals surface area (Å²) in [5.74, 6) is 0.210. The zero-order valence-corrected chi connectivity index (χ0v) is 25.9. The number of amides is 1. The van der Waals surface area contributed by atoms with Crippen molar-refractivity contribution in [3.63, 3.8) is 0 Å². The largest absolute Gasteiger partial charge is 0.361 e. The van der Waals surface area contributed by atoms with Gasteiger partial charge in [0.15, 0.2) is 0 Å². The first-order valence-electron chi connectivity index (χ1n) is 12.5. The van der Waals surface area contributed by atoms with Gasteiger partial charge in [0.2, 0.25) is 10.4 Å². The van der Waals surface area contributed by atoms with Crippen LogP contribution in [0.25, 0.3) is 16.5 Å². The minimum Gasteiger partial charge on any atom is -0.361 e. The molecule has 1 amide bonds. The van der Waals surface area contributed by atoms with Gasteiger partial charge in [0.25, 0.3) is 0 Å². The van der Waals surface area contributed by atoms with Crippen molar-refractivity contribution in [3.05, 3.63) is 41.6 Å². The second kappa shape index (κ2) is 14.8. The van der Waals surface area contributed by atoms with Crippen molar-refractivity contribution in [1.29, 1.82) is 0 Å². The third kappa shape index (κ3) is 8.51. The van der Waals surface area contributed by atoms with Crippen molar-refractivity contribution in [2.75, 3.05) is 26.7 Å². The maximum absolute atomic E-state index is 12.9. The lowest BCUT2D eigenvalue weighted by Gasteiger charge is -2.40. The molecule has 2 aromatic rings. The number of nitrogens with one attached hydrogen (secondary N) is 1. The van der Waals surface area contributed by atoms with Crippen molar-refractivity contribution in [3.8, 4) is 0 Å². The van der Waals surface area contributed by atoms with Crippen LogP contribution in [0, 0.1) is 5.92 Å². The van der Waals surface area contributed by atoms with Gasteiger partial charge in [-0.05, 0) is 50.1 Å². The molecule has 2 atom stereocenters. The number of nitrogens with zero attached hydrogens (tertiary/aromatic N) is 2. The molecule has 1 aromatic carbocycles. The predicted molar refractivity (Wildman–Crippen MR) is 167 cm³/mol. The van der Waals surface area contributed by atoms with Crippen molar-refractivity contribution >= 4 is 73.7 Å². The summed E-state index contributed by atoms with van der Waals surface area (Å²) in [7, 11) is 6.06. The number of thiol groups is 2. The molecule has 0 radical (unpaired) electrons. The van der Waals surface area contributed by atoms with Gasteiger partial charge in [-0.2, -0.15) is 0 Å². The van der Waals surface area contributed by atoms with Gasteiger partial charge in [-0.25, -0.2) is 0 Å². The molecule has 0 bridgehead atoms. The summed E-state index contributed by atoms with van der Waals surface area (Å²) in [4.78, 5) is 29.7. The summed E-state index contributed by atoms with van der Waals surface area (Å²) in [6, 6.07) is 6.82. The highest BCUT2D eigenvalue weighted by atomic mass is 33.1. The molecular formula is C27H41N3O2S4. The minimum absolute atomic E-state index is 0.0445. The maximum atomic E-state index is 12.9. The van der Waals surface area contributed by atoms with E-state index in [1.54, 1.807) is 0 Å². The van der Waals surface area contributed by atoms with Crippen LogP contribution in [-0.4, -0.2) is 68.4 Å². The quantitative estimate of drug-likeness (QED) is 0.258. The van der Waals surface area contributed by atoms with Gasteiger partial charge in [-0.1, -0.05) is 92.7 Å². The number of likely N-dealkylation sites (N-methyl/N-ethyl adjacent to an activating group) is 1. The number of hydrogen-bond donors (Lipinski definition) is 3. The molecule has 1 aliphatic carbocycles. The van der Waals surface area contributed by atoms with Crippen LogP contribution in [0.3, 0.4) is 0 Å². The van der Waals surface area contributed by atoms with E-state index in [1.165, 1.54) is 27.6 Å². The van der Waals surface area contributed by atoms with Crippen molar-refractivity contribution in [2.24, 2.45) is 5.92 Å². The summed E-state index contributed by atoms with van der Waals surface area (Å²) >= 11 is 6.38. The van der Waals surface area contributed by atoms with Crippen LogP contribution >= 0.6 is 46.8 Å². The van der Waals surface area contributed by atoms with E-state index in [0.29, 0.717) is 6.04 Å². The fraction of sp³-hybridized carbons (Fsp3) is 0.556. The molecule has 36 heavy (non-hydrogen) atoms. The summed E-state index contributed by atoms with van der Waals surface area (Å²) in [5, 5.41) is 2.87. The molecule has 0 saturated carbocycles. The standard InChI is InChI=1S/C20H25N3O.C6H14S2.CH2OS2/c1-4-23(5-2)20(24)14-9-16-15-7-6-8-17-19(15)13(11-21-17)10-18(16)22(3)12-14;1-5(2)7-8-6(3)4;2-1(3)4/h6-9,11,14,18,21H,4-5,10,12H2,1-3H3;5-6H,1-4H3;(H2,2,3,4)/t14-,18-;;/m1../s1. The van der Waals surface area contributed by atoms with E-state index < -0.39 is 4.45 Å². The Balaban J connectivity index is 0.000000320. The number of H-pyrrole nitrogens is 1. The average molecular weight is 568 g/mol. The highest BCUT2D eigenvalue weighted by molar-refractivity contribution is 8.77. The molecule has 0 fully saturated rings. The van der Waals surface area contributed by atoms with Gasteiger partial charge in [-0.3, -0.25) is 14.5 Å². The van der Waals surface area contributed by atoms with Gasteiger partial charge >= 0.3 is 0 Å². The van der Waals surface area contributed by atoms with E-state index in [9.17, 15) is 9.59 Å². The first-order valence-corrected chi connectivity index (χ1v) is 15.7. The Morgan fingerprint density at radius 2 is 1.69 bits per heavy atom. The van der Waals surface area contributed by atoms with Crippen LogP contribution < -0.4 is 0 Å². The molecule has 0 unspecified atom stereocenters. The number of carbonyl (C=O) groups is 2. The molecule has 2 heterocycles. The van der Waals surface area contributed by atoms with Crippen molar-refractivity contribution in [2.45, 2.75) is 64.5 Å². The van der Waals surface area contributed by atoms with Crippen LogP contribution in [0.5, 0.6) is 0 Å². The second-order valence-electron chi connectivity index (χ2n) is 9.51. The van der Waals surface area contributed by atoms with Crippen molar-refractivity contribution < 1.29 is 9.59 Å². The Bertz CT molecular complexity index is 1030. The molecule has 0 saturated heterocycles. The van der Waals surface area contributed by atoms with Gasteiger partial charge in [0, 0.05) is 53.3 Å². The monoisotopic (exact) mass is 567 g/mol. The number of hydrogen-bond acceptors (Lipinski definition) is 5. The smallest absolute Gasteiger partial charge is 0.239 e. The molecule has 4 rings (SSSR count). The molecule has 5 nitrogen and oxygen atoms in total. The summed E-state index contributed by atoms with van der Waals surface area (Å²) < 4.78 is -0.444. The van der Waals surface area contributed by atoms with E-state index in [1.807, 2.05) is 26.5 Å². The van der Waals surface area contributed by atoms with Crippen LogP contribution in [-0.2, 0) is 11.2 Å². The third-order valence-electron chi connectivity index (χ3n) is 6.10. The van der Waals surface area contributed by atoms with E-state index >= 15 is 0 Å². The Hall–Kier alpha value is -1.00. The SMILES string of the molecule is CC(C)SSC(C)C.CCN(CC)C(=O)[C@@H]1C=C2c3cccc4[nH]cc(c34)C[C@H]2N(C)C1.O=C(S)S. The van der Waals surface area contributed by atoms with Gasteiger partial charge < -0.3 is 9.88 Å². The third-order valence-corrected chi connectivity index (χ3v) is 9.62. The number of aromatic nitrogens is 1. The molecule has 1 N–H and O–H groups in total. The first-order chi connectivity index (χ1) is 17.0. The number of aromatic amines is 1. The Kier molecular flexibility index (Phi) is 12.8. The van der Waals surface area contributed by atoms with Crippen LogP contribution in [0.2, 0.25) is 0 Å². The van der Waals surface area contributed by atoms with Crippen LogP contribution in [0.1, 0.15) is 52.7 Å². The number of benzene rings is 1. The number of rotatable bonds is 6. The lowest BCUT2D eigenvalue weighted by atomic mass is 9.79. The van der Waals surface area contributed by atoms with E-state index in [0.717, 1.165) is 36.6 Å². The Morgan fingerprint density at radius 1 is 1.11 bits per heavy atom. The lowest BCUT2D eigenvalue weighted by Crippen LogP contribution is -2.47. The zero-order valence-electron chi connectivity index (χ0n) is 22.4. The topological polar surface area (TPSA) is 56.4 Å². The van der Waals surface area contributed by atoms with Crippen molar-refractivity contribution in [1.82, 2.24) is 14.8 Å². The summed E-state index contributed by atoms with van der Waals surface area (Å²) in [6.07, 6.45) is 5.41. The second-order valence-corrected chi connectivity index (χ2v) is 14.1. The molecular weight excluding hydrogens is 527 g/mol. The summed E-state index contributed by atoms with van der Waals surface area (Å²) in [5.41, 5.74) is 5.21. The number of fused-ring (bicyclic) bond motifs is 2. The molecule has 0 spiro atoms. The van der Waals surface area contributed by atoms with Gasteiger partial charge in [0.05, 0.1) is 5.92 Å². The Morgan fingerprint density at radius 3 is 2.22 bits per heavy atom. The fourth-order valence-electron chi connectivity index (χ4n) is 4.60. The highest BCUT2D eigenvalue weighted by Gasteiger charge is 2.36. The number of carbonyl (C=O) groups excluding carboxylic acids is 2. The van der Waals surface area contributed by atoms with Crippen LogP contribution in [0.4, 0.5) is 4.79 Å². The van der Waals surface area contributed by atoms with E-state index in [4.69, 9.17) is 0 Å². The molecule has 1 aliphatic heterocycles. The maximum Gasteiger partial charge on any atom is 0.239 e. The zero-order chi connectivity index (χ0) is 27.0. The average Bonchev–Trinajstić information content (AvgIpc) is 3.23. The molecule has 9 heteroatoms. The lowest BCUT2D eigenvalue weighted by molar-refractivity contribution is -0.134. The highest BCUT2D eigenvalue weighted by Crippen LogP contribution is 2.41. The predicted octanol–water partition coefficient (Wildman–Crippen LogP) is 7.06. The fourth-order valence-corrected chi connectivity index (χ4v) is 6.38. The molecule has 2 aliphatic rings. The van der Waals surface area contributed by atoms with E-state index in [2.05, 4.69) is 114 Å². The van der Waals surface area contributed by atoms with Gasteiger partial charge in [-0.15, -0.1) is 0 Å². The first kappa shape index (κ1) is 31.2. The summed E-state index contributed by atoms with van der Waals surface area (Å²) in [6.45, 7) is 15.4. The molecule has 200 valence electrons. The van der Waals surface area contributed by atoms with Gasteiger partial charge in [0.1, 0.15) is 0 Å².